The normalized spacial score (nSPS) is 19.8. The van der Waals surface area contributed by atoms with E-state index in [1.54, 1.807) is 7.11 Å². The van der Waals surface area contributed by atoms with Crippen LogP contribution in [0, 0.1) is 5.92 Å². The summed E-state index contributed by atoms with van der Waals surface area (Å²) in [6, 6.07) is 12.6. The molecule has 136 valence electrons. The molecule has 0 spiro atoms. The number of nitrogens with zero attached hydrogens (tertiary/aromatic N) is 1. The molecule has 1 aliphatic heterocycles. The fraction of sp³-hybridized carbons (Fsp3) is 0.429. The lowest BCUT2D eigenvalue weighted by Gasteiger charge is -2.16. The van der Waals surface area contributed by atoms with E-state index in [0.717, 1.165) is 34.9 Å². The third kappa shape index (κ3) is 3.26. The van der Waals surface area contributed by atoms with Crippen LogP contribution in [0.15, 0.2) is 36.4 Å². The zero-order valence-corrected chi connectivity index (χ0v) is 15.0. The second-order valence-corrected chi connectivity index (χ2v) is 7.19. The molecule has 5 nitrogen and oxygen atoms in total. The molecule has 1 saturated heterocycles. The van der Waals surface area contributed by atoms with Crippen molar-refractivity contribution in [3.63, 3.8) is 0 Å². The largest absolute Gasteiger partial charge is 0.496 e. The number of fused-ring (bicyclic) bond motifs is 1. The first-order chi connectivity index (χ1) is 12.7. The van der Waals surface area contributed by atoms with Gasteiger partial charge in [-0.3, -0.25) is 9.59 Å². The van der Waals surface area contributed by atoms with E-state index in [2.05, 4.69) is 17.4 Å². The molecule has 1 saturated carbocycles. The number of methoxy groups -OCH3 is 1. The number of carbonyl (C=O) groups is 2. The summed E-state index contributed by atoms with van der Waals surface area (Å²) >= 11 is 0. The van der Waals surface area contributed by atoms with Crippen LogP contribution in [0.4, 0.5) is 0 Å². The molecule has 1 aliphatic carbocycles. The molecule has 2 amide bonds. The maximum absolute atomic E-state index is 12.5. The van der Waals surface area contributed by atoms with Gasteiger partial charge >= 0.3 is 0 Å². The summed E-state index contributed by atoms with van der Waals surface area (Å²) in [6.07, 6.45) is 3.21. The van der Waals surface area contributed by atoms with Crippen LogP contribution in [0.5, 0.6) is 5.75 Å². The van der Waals surface area contributed by atoms with Crippen LogP contribution in [0.3, 0.4) is 0 Å². The lowest BCUT2D eigenvalue weighted by Crippen LogP contribution is -2.34. The first kappa shape index (κ1) is 16.9. The van der Waals surface area contributed by atoms with E-state index < -0.39 is 0 Å². The highest BCUT2D eigenvalue weighted by Crippen LogP contribution is 2.32. The van der Waals surface area contributed by atoms with E-state index in [4.69, 9.17) is 4.74 Å². The van der Waals surface area contributed by atoms with E-state index >= 15 is 0 Å². The quantitative estimate of drug-likeness (QED) is 0.869. The van der Waals surface area contributed by atoms with Gasteiger partial charge in [0, 0.05) is 31.1 Å². The molecule has 26 heavy (non-hydrogen) atoms. The Morgan fingerprint density at radius 3 is 2.81 bits per heavy atom. The number of amides is 2. The van der Waals surface area contributed by atoms with Crippen molar-refractivity contribution in [1.29, 1.82) is 0 Å². The highest BCUT2D eigenvalue weighted by Gasteiger charge is 2.41. The smallest absolute Gasteiger partial charge is 0.225 e. The van der Waals surface area contributed by atoms with Crippen molar-refractivity contribution in [2.24, 2.45) is 5.92 Å². The molecule has 0 radical (unpaired) electrons. The highest BCUT2D eigenvalue weighted by atomic mass is 16.5. The second kappa shape index (κ2) is 6.98. The third-order valence-corrected chi connectivity index (χ3v) is 5.41. The Bertz CT molecular complexity index is 844. The zero-order chi connectivity index (χ0) is 18.1. The molecule has 5 heteroatoms. The number of nitrogens with one attached hydrogen (secondary N) is 1. The monoisotopic (exact) mass is 352 g/mol. The molecular formula is C21H24N2O3. The number of benzene rings is 2. The summed E-state index contributed by atoms with van der Waals surface area (Å²) in [7, 11) is 1.67. The van der Waals surface area contributed by atoms with Crippen LogP contribution in [0.1, 0.15) is 24.8 Å². The predicted octanol–water partition coefficient (Wildman–Crippen LogP) is 2.52. The molecule has 1 N–H and O–H groups in total. The number of hydrogen-bond acceptors (Lipinski definition) is 3. The minimum Gasteiger partial charge on any atom is -0.496 e. The van der Waals surface area contributed by atoms with Gasteiger partial charge in [-0.2, -0.15) is 0 Å². The Balaban J connectivity index is 1.39. The molecular weight excluding hydrogens is 328 g/mol. The third-order valence-electron chi connectivity index (χ3n) is 5.41. The Morgan fingerprint density at radius 2 is 2.04 bits per heavy atom. The van der Waals surface area contributed by atoms with Gasteiger partial charge in [0.1, 0.15) is 5.75 Å². The van der Waals surface area contributed by atoms with Crippen molar-refractivity contribution in [1.82, 2.24) is 10.2 Å². The molecule has 4 rings (SSSR count). The standard InChI is InChI=1S/C21H24N2O3/c1-26-19-9-6-14-4-2-3-5-17(14)18(19)10-11-22-21(25)15-12-20(24)23(13-15)16-7-8-16/h2-6,9,15-16H,7-8,10-13H2,1H3,(H,22,25). The number of likely N-dealkylation sites (tertiary alicyclic amines) is 1. The molecule has 2 fully saturated rings. The van der Waals surface area contributed by atoms with Crippen LogP contribution in [0.25, 0.3) is 10.8 Å². The van der Waals surface area contributed by atoms with Crippen LogP contribution in [-0.2, 0) is 16.0 Å². The van der Waals surface area contributed by atoms with Gasteiger partial charge < -0.3 is 15.0 Å². The van der Waals surface area contributed by atoms with E-state index in [0.29, 0.717) is 32.0 Å². The summed E-state index contributed by atoms with van der Waals surface area (Å²) in [5.74, 6) is 0.746. The Morgan fingerprint density at radius 1 is 1.23 bits per heavy atom. The van der Waals surface area contributed by atoms with Crippen LogP contribution >= 0.6 is 0 Å². The minimum absolute atomic E-state index is 0.0132. The van der Waals surface area contributed by atoms with Crippen molar-refractivity contribution in [3.8, 4) is 5.75 Å². The Labute approximate surface area is 153 Å². The maximum atomic E-state index is 12.5. The highest BCUT2D eigenvalue weighted by molar-refractivity contribution is 5.90. The lowest BCUT2D eigenvalue weighted by molar-refractivity contribution is -0.129. The first-order valence-corrected chi connectivity index (χ1v) is 9.29. The van der Waals surface area contributed by atoms with E-state index in [-0.39, 0.29) is 17.7 Å². The Hall–Kier alpha value is -2.56. The van der Waals surface area contributed by atoms with Crippen molar-refractivity contribution in [2.75, 3.05) is 20.2 Å². The van der Waals surface area contributed by atoms with Gasteiger partial charge in [-0.15, -0.1) is 0 Å². The Kier molecular flexibility index (Phi) is 4.53. The average molecular weight is 352 g/mol. The molecule has 0 bridgehead atoms. The van der Waals surface area contributed by atoms with Crippen LogP contribution < -0.4 is 10.1 Å². The van der Waals surface area contributed by atoms with Crippen molar-refractivity contribution in [2.45, 2.75) is 31.7 Å². The summed E-state index contributed by atoms with van der Waals surface area (Å²) in [5.41, 5.74) is 1.10. The summed E-state index contributed by atoms with van der Waals surface area (Å²) in [5, 5.41) is 5.33. The SMILES string of the molecule is COc1ccc2ccccc2c1CCNC(=O)C1CC(=O)N(C2CC2)C1. The number of ether oxygens (including phenoxy) is 1. The summed E-state index contributed by atoms with van der Waals surface area (Å²) < 4.78 is 5.51. The number of rotatable bonds is 6. The fourth-order valence-corrected chi connectivity index (χ4v) is 3.87. The molecule has 1 heterocycles. The molecule has 2 aromatic carbocycles. The molecule has 1 atom stereocenters. The second-order valence-electron chi connectivity index (χ2n) is 7.19. The van der Waals surface area contributed by atoms with Gasteiger partial charge in [0.2, 0.25) is 11.8 Å². The van der Waals surface area contributed by atoms with E-state index in [1.807, 2.05) is 29.2 Å². The van der Waals surface area contributed by atoms with Gasteiger partial charge in [0.05, 0.1) is 13.0 Å². The van der Waals surface area contributed by atoms with Crippen molar-refractivity contribution in [3.05, 3.63) is 42.0 Å². The van der Waals surface area contributed by atoms with Gasteiger partial charge in [-0.1, -0.05) is 30.3 Å². The molecule has 0 aromatic heterocycles. The first-order valence-electron chi connectivity index (χ1n) is 9.29. The van der Waals surface area contributed by atoms with E-state index in [1.165, 1.54) is 0 Å². The zero-order valence-electron chi connectivity index (χ0n) is 15.0. The lowest BCUT2D eigenvalue weighted by atomic mass is 10.0. The average Bonchev–Trinajstić information content (AvgIpc) is 3.43. The number of carbonyl (C=O) groups excluding carboxylic acids is 2. The van der Waals surface area contributed by atoms with E-state index in [9.17, 15) is 9.59 Å². The van der Waals surface area contributed by atoms with Crippen molar-refractivity contribution >= 4 is 22.6 Å². The van der Waals surface area contributed by atoms with Gasteiger partial charge in [-0.05, 0) is 36.1 Å². The van der Waals surface area contributed by atoms with Crippen LogP contribution in [0.2, 0.25) is 0 Å². The topological polar surface area (TPSA) is 58.6 Å². The van der Waals surface area contributed by atoms with Crippen LogP contribution in [-0.4, -0.2) is 43.0 Å². The van der Waals surface area contributed by atoms with Crippen molar-refractivity contribution < 1.29 is 14.3 Å². The van der Waals surface area contributed by atoms with Gasteiger partial charge in [0.15, 0.2) is 0 Å². The molecule has 2 aliphatic rings. The molecule has 2 aromatic rings. The minimum atomic E-state index is -0.211. The predicted molar refractivity (Wildman–Crippen MR) is 100 cm³/mol. The van der Waals surface area contributed by atoms with Gasteiger partial charge in [-0.25, -0.2) is 0 Å². The summed E-state index contributed by atoms with van der Waals surface area (Å²) in [4.78, 5) is 26.4. The maximum Gasteiger partial charge on any atom is 0.225 e. The summed E-state index contributed by atoms with van der Waals surface area (Å²) in [6.45, 7) is 1.12. The number of hydrogen-bond donors (Lipinski definition) is 1. The molecule has 1 unspecified atom stereocenters. The fourth-order valence-electron chi connectivity index (χ4n) is 3.87. The van der Waals surface area contributed by atoms with Gasteiger partial charge in [0.25, 0.3) is 0 Å².